The molecular weight excluding hydrogens is 270 g/mol. The summed E-state index contributed by atoms with van der Waals surface area (Å²) in [6.07, 6.45) is 0.864. The first-order valence-corrected chi connectivity index (χ1v) is 5.52. The second-order valence-electron chi connectivity index (χ2n) is 2.84. The van der Waals surface area contributed by atoms with Gasteiger partial charge in [0.2, 0.25) is 0 Å². The molecule has 0 spiro atoms. The maximum absolute atomic E-state index is 13.2. The third-order valence-corrected chi connectivity index (χ3v) is 2.53. The number of alkyl halides is 1. The zero-order chi connectivity index (χ0) is 10.6. The smallest absolute Gasteiger partial charge is 0.165 e. The lowest BCUT2D eigenvalue weighted by molar-refractivity contribution is 0.0978. The summed E-state index contributed by atoms with van der Waals surface area (Å²) in [4.78, 5) is 11.5. The van der Waals surface area contributed by atoms with Crippen molar-refractivity contribution in [2.24, 2.45) is 0 Å². The van der Waals surface area contributed by atoms with Crippen molar-refractivity contribution < 1.29 is 9.18 Å². The summed E-state index contributed by atoms with van der Waals surface area (Å²) in [5, 5.41) is 0. The summed E-state index contributed by atoms with van der Waals surface area (Å²) in [7, 11) is 0. The quantitative estimate of drug-likeness (QED) is 0.605. The summed E-state index contributed by atoms with van der Waals surface area (Å²) in [5.41, 5.74) is 0.129. The molecule has 0 atom stereocenters. The van der Waals surface area contributed by atoms with Gasteiger partial charge >= 0.3 is 0 Å². The Balaban J connectivity index is 2.83. The Morgan fingerprint density at radius 2 is 2.21 bits per heavy atom. The molecule has 0 radical (unpaired) electrons. The van der Waals surface area contributed by atoms with Crippen molar-refractivity contribution in [1.82, 2.24) is 0 Å². The Hall–Kier alpha value is -0.410. The van der Waals surface area contributed by atoms with E-state index in [0.29, 0.717) is 16.8 Å². The molecule has 0 saturated carbocycles. The minimum Gasteiger partial charge on any atom is -0.294 e. The van der Waals surface area contributed by atoms with E-state index < -0.39 is 5.82 Å². The average molecular weight is 280 g/mol. The molecule has 0 bridgehead atoms. The monoisotopic (exact) mass is 278 g/mol. The Kier molecular flexibility index (Phi) is 4.55. The number of hydrogen-bond acceptors (Lipinski definition) is 1. The van der Waals surface area contributed by atoms with Gasteiger partial charge in [0.15, 0.2) is 5.78 Å². The summed E-state index contributed by atoms with van der Waals surface area (Å²) in [6.45, 7) is 0. The van der Waals surface area contributed by atoms with Gasteiger partial charge in [-0.2, -0.15) is 0 Å². The SMILES string of the molecule is O=C(CCCCl)c1cc(Br)ccc1F. The predicted molar refractivity (Wildman–Crippen MR) is 58.4 cm³/mol. The van der Waals surface area contributed by atoms with Gasteiger partial charge in [-0.1, -0.05) is 15.9 Å². The molecule has 1 aromatic rings. The van der Waals surface area contributed by atoms with Crippen LogP contribution in [-0.4, -0.2) is 11.7 Å². The van der Waals surface area contributed by atoms with E-state index in [2.05, 4.69) is 15.9 Å². The zero-order valence-electron chi connectivity index (χ0n) is 7.40. The number of carbonyl (C=O) groups is 1. The molecule has 0 aliphatic rings. The Morgan fingerprint density at radius 1 is 1.50 bits per heavy atom. The molecule has 0 aliphatic heterocycles. The molecule has 0 fully saturated rings. The molecule has 1 aromatic carbocycles. The van der Waals surface area contributed by atoms with Crippen molar-refractivity contribution in [3.05, 3.63) is 34.1 Å². The Morgan fingerprint density at radius 3 is 2.86 bits per heavy atom. The van der Waals surface area contributed by atoms with Gasteiger partial charge in [0.05, 0.1) is 5.56 Å². The van der Waals surface area contributed by atoms with Crippen LogP contribution in [0.1, 0.15) is 23.2 Å². The first kappa shape index (κ1) is 11.7. The van der Waals surface area contributed by atoms with Gasteiger partial charge in [0.1, 0.15) is 5.82 Å². The van der Waals surface area contributed by atoms with Gasteiger partial charge in [-0.05, 0) is 24.6 Å². The minimum absolute atomic E-state index is 0.129. The molecule has 0 saturated heterocycles. The molecule has 1 rings (SSSR count). The van der Waals surface area contributed by atoms with Gasteiger partial charge < -0.3 is 0 Å². The van der Waals surface area contributed by atoms with Gasteiger partial charge in [-0.25, -0.2) is 4.39 Å². The third-order valence-electron chi connectivity index (χ3n) is 1.77. The normalized spacial score (nSPS) is 10.2. The molecule has 0 aliphatic carbocycles. The summed E-state index contributed by atoms with van der Waals surface area (Å²) in [6, 6.07) is 4.33. The number of halogens is 3. The van der Waals surface area contributed by atoms with E-state index in [1.165, 1.54) is 12.1 Å². The molecule has 14 heavy (non-hydrogen) atoms. The van der Waals surface area contributed by atoms with Gasteiger partial charge in [-0.3, -0.25) is 4.79 Å². The summed E-state index contributed by atoms with van der Waals surface area (Å²) < 4.78 is 13.9. The van der Waals surface area contributed by atoms with Gasteiger partial charge in [-0.15, -0.1) is 11.6 Å². The lowest BCUT2D eigenvalue weighted by atomic mass is 10.1. The zero-order valence-corrected chi connectivity index (χ0v) is 9.74. The van der Waals surface area contributed by atoms with E-state index in [-0.39, 0.29) is 17.8 Å². The molecule has 4 heteroatoms. The topological polar surface area (TPSA) is 17.1 Å². The van der Waals surface area contributed by atoms with Crippen LogP contribution in [0.15, 0.2) is 22.7 Å². The summed E-state index contributed by atoms with van der Waals surface area (Å²) in [5.74, 6) is -0.265. The second-order valence-corrected chi connectivity index (χ2v) is 4.13. The van der Waals surface area contributed by atoms with E-state index in [9.17, 15) is 9.18 Å². The molecule has 0 N–H and O–H groups in total. The lowest BCUT2D eigenvalue weighted by Crippen LogP contribution is -2.02. The van der Waals surface area contributed by atoms with Crippen LogP contribution in [0.3, 0.4) is 0 Å². The standard InChI is InChI=1S/C10H9BrClFO/c11-7-3-4-9(13)8(6-7)10(14)2-1-5-12/h3-4,6H,1-2,5H2. The highest BCUT2D eigenvalue weighted by Crippen LogP contribution is 2.17. The van der Waals surface area contributed by atoms with Crippen LogP contribution in [0.5, 0.6) is 0 Å². The molecular formula is C10H9BrClFO. The highest BCUT2D eigenvalue weighted by molar-refractivity contribution is 9.10. The predicted octanol–water partition coefficient (Wildman–Crippen LogP) is 3.79. The Bertz CT molecular complexity index is 341. The van der Waals surface area contributed by atoms with E-state index in [1.54, 1.807) is 6.07 Å². The number of benzene rings is 1. The number of carbonyl (C=O) groups excluding carboxylic acids is 1. The van der Waals surface area contributed by atoms with Crippen LogP contribution in [0.4, 0.5) is 4.39 Å². The lowest BCUT2D eigenvalue weighted by Gasteiger charge is -2.01. The third kappa shape index (κ3) is 3.07. The van der Waals surface area contributed by atoms with Crippen LogP contribution in [0.25, 0.3) is 0 Å². The van der Waals surface area contributed by atoms with Crippen LogP contribution in [0, 0.1) is 5.82 Å². The molecule has 0 heterocycles. The average Bonchev–Trinajstić information content (AvgIpc) is 2.18. The maximum atomic E-state index is 13.2. The van der Waals surface area contributed by atoms with Crippen molar-refractivity contribution in [1.29, 1.82) is 0 Å². The van der Waals surface area contributed by atoms with Crippen molar-refractivity contribution in [2.75, 3.05) is 5.88 Å². The van der Waals surface area contributed by atoms with E-state index >= 15 is 0 Å². The van der Waals surface area contributed by atoms with E-state index in [1.807, 2.05) is 0 Å². The summed E-state index contributed by atoms with van der Waals surface area (Å²) >= 11 is 8.64. The fourth-order valence-electron chi connectivity index (χ4n) is 1.07. The second kappa shape index (κ2) is 5.47. The van der Waals surface area contributed by atoms with E-state index in [4.69, 9.17) is 11.6 Å². The van der Waals surface area contributed by atoms with Crippen molar-refractivity contribution in [3.8, 4) is 0 Å². The van der Waals surface area contributed by atoms with E-state index in [0.717, 1.165) is 0 Å². The largest absolute Gasteiger partial charge is 0.294 e. The first-order valence-electron chi connectivity index (χ1n) is 4.19. The van der Waals surface area contributed by atoms with Crippen LogP contribution in [-0.2, 0) is 0 Å². The number of ketones is 1. The van der Waals surface area contributed by atoms with Crippen LogP contribution >= 0.6 is 27.5 Å². The maximum Gasteiger partial charge on any atom is 0.165 e. The minimum atomic E-state index is -0.479. The molecule has 1 nitrogen and oxygen atoms in total. The first-order chi connectivity index (χ1) is 6.65. The number of Topliss-reactive ketones (excluding diaryl/α,β-unsaturated/α-hetero) is 1. The van der Waals surface area contributed by atoms with Crippen molar-refractivity contribution in [3.63, 3.8) is 0 Å². The number of hydrogen-bond donors (Lipinski definition) is 0. The fraction of sp³-hybridized carbons (Fsp3) is 0.300. The molecule has 0 amide bonds. The fourth-order valence-corrected chi connectivity index (χ4v) is 1.57. The highest BCUT2D eigenvalue weighted by Gasteiger charge is 2.11. The van der Waals surface area contributed by atoms with Crippen LogP contribution in [0.2, 0.25) is 0 Å². The molecule has 76 valence electrons. The number of rotatable bonds is 4. The van der Waals surface area contributed by atoms with Crippen molar-refractivity contribution >= 4 is 33.3 Å². The molecule has 0 aromatic heterocycles. The molecule has 0 unspecified atom stereocenters. The van der Waals surface area contributed by atoms with Gasteiger partial charge in [0.25, 0.3) is 0 Å². The van der Waals surface area contributed by atoms with Crippen LogP contribution < -0.4 is 0 Å². The highest BCUT2D eigenvalue weighted by atomic mass is 79.9. The Labute approximate surface area is 95.4 Å². The van der Waals surface area contributed by atoms with Crippen molar-refractivity contribution in [2.45, 2.75) is 12.8 Å². The van der Waals surface area contributed by atoms with Gasteiger partial charge in [0, 0.05) is 16.8 Å².